The maximum atomic E-state index is 13.1. The molecule has 1 aromatic carbocycles. The minimum Gasteiger partial charge on any atom is -0.465 e. The molecule has 1 amide bonds. The molecule has 0 radical (unpaired) electrons. The van der Waals surface area contributed by atoms with Gasteiger partial charge in [-0.3, -0.25) is 4.79 Å². The van der Waals surface area contributed by atoms with Crippen molar-refractivity contribution in [2.45, 2.75) is 38.1 Å². The molecular formula is C24H28N2O5. The number of nitrogens with zero attached hydrogens (tertiary/aromatic N) is 2. The maximum Gasteiger partial charge on any atom is 0.355 e. The van der Waals surface area contributed by atoms with Crippen molar-refractivity contribution >= 4 is 23.5 Å². The molecule has 0 atom stereocenters. The number of methoxy groups -OCH3 is 2. The molecule has 0 spiro atoms. The molecule has 7 nitrogen and oxygen atoms in total. The summed E-state index contributed by atoms with van der Waals surface area (Å²) >= 11 is 0. The maximum absolute atomic E-state index is 13.1. The van der Waals surface area contributed by atoms with E-state index in [9.17, 15) is 14.4 Å². The standard InChI is InChI=1S/C24H28N2O5/c1-25(18-11-5-4-6-12-18)22(27)17-10-9-13-19(16-17)26-15-8-7-14-20(23(28)30-2)21(26)24(29)31-3/h7-10,13-16,18H,4-6,11-12H2,1-3H3. The first-order valence-electron chi connectivity index (χ1n) is 10.4. The fourth-order valence-corrected chi connectivity index (χ4v) is 3.99. The monoisotopic (exact) mass is 424 g/mol. The Labute approximate surface area is 182 Å². The fraction of sp³-hybridized carbons (Fsp3) is 0.375. The second-order valence-corrected chi connectivity index (χ2v) is 7.57. The summed E-state index contributed by atoms with van der Waals surface area (Å²) in [5.74, 6) is -1.41. The molecule has 0 N–H and O–H groups in total. The number of esters is 2. The summed E-state index contributed by atoms with van der Waals surface area (Å²) in [7, 11) is 4.34. The number of carbonyl (C=O) groups excluding carboxylic acids is 3. The summed E-state index contributed by atoms with van der Waals surface area (Å²) in [5, 5.41) is 0. The summed E-state index contributed by atoms with van der Waals surface area (Å²) in [6.07, 6.45) is 12.0. The number of amides is 1. The molecule has 1 heterocycles. The lowest BCUT2D eigenvalue weighted by Gasteiger charge is -2.31. The van der Waals surface area contributed by atoms with Gasteiger partial charge in [-0.05, 0) is 43.2 Å². The van der Waals surface area contributed by atoms with E-state index >= 15 is 0 Å². The van der Waals surface area contributed by atoms with Crippen LogP contribution in [0.5, 0.6) is 0 Å². The van der Waals surface area contributed by atoms with Crippen molar-refractivity contribution in [3.8, 4) is 0 Å². The van der Waals surface area contributed by atoms with Gasteiger partial charge in [0.1, 0.15) is 5.70 Å². The molecule has 31 heavy (non-hydrogen) atoms. The van der Waals surface area contributed by atoms with E-state index in [0.29, 0.717) is 11.3 Å². The van der Waals surface area contributed by atoms with E-state index in [1.165, 1.54) is 31.6 Å². The Kier molecular flexibility index (Phi) is 7.28. The van der Waals surface area contributed by atoms with E-state index in [-0.39, 0.29) is 23.2 Å². The Balaban J connectivity index is 1.98. The lowest BCUT2D eigenvalue weighted by atomic mass is 9.94. The van der Waals surface area contributed by atoms with Crippen molar-refractivity contribution < 1.29 is 23.9 Å². The summed E-state index contributed by atoms with van der Waals surface area (Å²) < 4.78 is 9.77. The Morgan fingerprint density at radius 3 is 2.39 bits per heavy atom. The second kappa shape index (κ2) is 10.1. The van der Waals surface area contributed by atoms with E-state index in [1.54, 1.807) is 42.6 Å². The van der Waals surface area contributed by atoms with E-state index in [4.69, 9.17) is 9.47 Å². The van der Waals surface area contributed by atoms with Crippen molar-refractivity contribution in [3.05, 3.63) is 65.5 Å². The first kappa shape index (κ1) is 22.3. The Bertz CT molecular complexity index is 941. The minimum atomic E-state index is -0.687. The largest absolute Gasteiger partial charge is 0.465 e. The smallest absolute Gasteiger partial charge is 0.355 e. The van der Waals surface area contributed by atoms with Gasteiger partial charge in [0.2, 0.25) is 0 Å². The highest BCUT2D eigenvalue weighted by atomic mass is 16.5. The first-order valence-corrected chi connectivity index (χ1v) is 10.4. The number of hydrogen-bond acceptors (Lipinski definition) is 6. The molecule has 1 aliphatic heterocycles. The zero-order valence-corrected chi connectivity index (χ0v) is 18.2. The third-order valence-electron chi connectivity index (χ3n) is 5.70. The van der Waals surface area contributed by atoms with Crippen molar-refractivity contribution in [1.29, 1.82) is 0 Å². The number of carbonyl (C=O) groups is 3. The third kappa shape index (κ3) is 4.87. The molecule has 1 fully saturated rings. The van der Waals surface area contributed by atoms with Gasteiger partial charge < -0.3 is 19.3 Å². The van der Waals surface area contributed by atoms with Crippen LogP contribution in [-0.4, -0.2) is 50.1 Å². The van der Waals surface area contributed by atoms with Gasteiger partial charge >= 0.3 is 11.9 Å². The van der Waals surface area contributed by atoms with Gasteiger partial charge in [0.05, 0.1) is 19.8 Å². The quantitative estimate of drug-likeness (QED) is 0.673. The van der Waals surface area contributed by atoms with E-state index in [0.717, 1.165) is 25.7 Å². The third-order valence-corrected chi connectivity index (χ3v) is 5.70. The van der Waals surface area contributed by atoms with Crippen LogP contribution in [0.25, 0.3) is 0 Å². The van der Waals surface area contributed by atoms with Gasteiger partial charge in [-0.2, -0.15) is 0 Å². The molecule has 0 aromatic heterocycles. The zero-order chi connectivity index (χ0) is 22.4. The normalized spacial score (nSPS) is 16.7. The summed E-state index contributed by atoms with van der Waals surface area (Å²) in [6, 6.07) is 7.24. The van der Waals surface area contributed by atoms with E-state index in [1.807, 2.05) is 11.9 Å². The predicted octanol–water partition coefficient (Wildman–Crippen LogP) is 3.58. The molecule has 7 heteroatoms. The van der Waals surface area contributed by atoms with E-state index in [2.05, 4.69) is 0 Å². The Morgan fingerprint density at radius 2 is 1.71 bits per heavy atom. The van der Waals surface area contributed by atoms with Crippen LogP contribution in [0.4, 0.5) is 5.69 Å². The van der Waals surface area contributed by atoms with Gasteiger partial charge in [0.15, 0.2) is 0 Å². The van der Waals surface area contributed by atoms with Crippen LogP contribution in [0.15, 0.2) is 60.0 Å². The van der Waals surface area contributed by atoms with Crippen LogP contribution < -0.4 is 4.90 Å². The summed E-state index contributed by atoms with van der Waals surface area (Å²) in [4.78, 5) is 41.4. The average molecular weight is 424 g/mol. The van der Waals surface area contributed by atoms with Crippen LogP contribution in [0.1, 0.15) is 42.5 Å². The molecule has 1 saturated carbocycles. The molecule has 0 unspecified atom stereocenters. The lowest BCUT2D eigenvalue weighted by Crippen LogP contribution is -2.38. The number of benzene rings is 1. The minimum absolute atomic E-state index is 0.0181. The van der Waals surface area contributed by atoms with Gasteiger partial charge in [0, 0.05) is 30.5 Å². The Morgan fingerprint density at radius 1 is 1.00 bits per heavy atom. The molecule has 2 aliphatic rings. The SMILES string of the molecule is COC(=O)C1=C(C(=O)OC)N(c2cccc(C(=O)N(C)C3CCCCC3)c2)C=CC=C1. The topological polar surface area (TPSA) is 76.2 Å². The van der Waals surface area contributed by atoms with Gasteiger partial charge in [-0.25, -0.2) is 9.59 Å². The van der Waals surface area contributed by atoms with Crippen LogP contribution in [-0.2, 0) is 19.1 Å². The van der Waals surface area contributed by atoms with Crippen LogP contribution in [0.2, 0.25) is 0 Å². The van der Waals surface area contributed by atoms with Gasteiger partial charge in [-0.15, -0.1) is 0 Å². The highest BCUT2D eigenvalue weighted by Crippen LogP contribution is 2.28. The van der Waals surface area contributed by atoms with Crippen LogP contribution in [0, 0.1) is 0 Å². The van der Waals surface area contributed by atoms with Crippen molar-refractivity contribution in [2.24, 2.45) is 0 Å². The second-order valence-electron chi connectivity index (χ2n) is 7.57. The summed E-state index contributed by atoms with van der Waals surface area (Å²) in [6.45, 7) is 0. The average Bonchev–Trinajstić information content (AvgIpc) is 3.06. The molecular weight excluding hydrogens is 396 g/mol. The first-order chi connectivity index (χ1) is 15.0. The van der Waals surface area contributed by atoms with E-state index < -0.39 is 11.9 Å². The summed E-state index contributed by atoms with van der Waals surface area (Å²) in [5.41, 5.74) is 1.16. The molecule has 0 saturated heterocycles. The van der Waals surface area contributed by atoms with Crippen molar-refractivity contribution in [1.82, 2.24) is 4.90 Å². The number of rotatable bonds is 5. The molecule has 164 valence electrons. The van der Waals surface area contributed by atoms with Crippen LogP contribution in [0.3, 0.4) is 0 Å². The molecule has 0 bridgehead atoms. The lowest BCUT2D eigenvalue weighted by molar-refractivity contribution is -0.139. The number of ether oxygens (including phenoxy) is 2. The number of hydrogen-bond donors (Lipinski definition) is 0. The Hall–Kier alpha value is -3.35. The van der Waals surface area contributed by atoms with Gasteiger partial charge in [-0.1, -0.05) is 31.4 Å². The molecule has 1 aromatic rings. The molecule has 3 rings (SSSR count). The number of anilines is 1. The van der Waals surface area contributed by atoms with Crippen molar-refractivity contribution in [3.63, 3.8) is 0 Å². The highest BCUT2D eigenvalue weighted by Gasteiger charge is 2.28. The highest BCUT2D eigenvalue weighted by molar-refractivity contribution is 6.05. The van der Waals surface area contributed by atoms with Crippen molar-refractivity contribution in [2.75, 3.05) is 26.2 Å². The van der Waals surface area contributed by atoms with Gasteiger partial charge in [0.25, 0.3) is 5.91 Å². The fourth-order valence-electron chi connectivity index (χ4n) is 3.99. The zero-order valence-electron chi connectivity index (χ0n) is 18.2. The molecule has 1 aliphatic carbocycles. The van der Waals surface area contributed by atoms with Crippen LogP contribution >= 0.6 is 0 Å². The predicted molar refractivity (Wildman–Crippen MR) is 117 cm³/mol. The number of allylic oxidation sites excluding steroid dienone is 2.